The number of aryl methyl sites for hydroxylation is 1. The molecule has 2 aromatic rings. The number of morpholine rings is 1. The molecule has 0 spiro atoms. The molecule has 0 unspecified atom stereocenters. The first-order valence-corrected chi connectivity index (χ1v) is 8.93. The molecule has 0 aromatic carbocycles. The summed E-state index contributed by atoms with van der Waals surface area (Å²) in [6.45, 7) is 3.74. The van der Waals surface area contributed by atoms with E-state index in [1.54, 1.807) is 11.3 Å². The average molecular weight is 332 g/mol. The highest BCUT2D eigenvalue weighted by Gasteiger charge is 2.21. The van der Waals surface area contributed by atoms with Crippen LogP contribution in [0.15, 0.2) is 29.9 Å². The highest BCUT2D eigenvalue weighted by molar-refractivity contribution is 7.09. The quantitative estimate of drug-likeness (QED) is 0.813. The van der Waals surface area contributed by atoms with Gasteiger partial charge in [-0.3, -0.25) is 4.90 Å². The van der Waals surface area contributed by atoms with Gasteiger partial charge in [-0.1, -0.05) is 0 Å². The summed E-state index contributed by atoms with van der Waals surface area (Å²) in [7, 11) is 4.04. The molecule has 1 aliphatic rings. The van der Waals surface area contributed by atoms with Gasteiger partial charge in [0.05, 0.1) is 19.3 Å². The van der Waals surface area contributed by atoms with Crippen molar-refractivity contribution in [1.29, 1.82) is 0 Å². The van der Waals surface area contributed by atoms with Crippen molar-refractivity contribution < 1.29 is 4.74 Å². The summed E-state index contributed by atoms with van der Waals surface area (Å²) in [6, 6.07) is 4.26. The van der Waals surface area contributed by atoms with Crippen LogP contribution in [0.2, 0.25) is 0 Å². The summed E-state index contributed by atoms with van der Waals surface area (Å²) in [4.78, 5) is 13.2. The molecule has 0 aliphatic carbocycles. The van der Waals surface area contributed by atoms with E-state index in [1.807, 2.05) is 36.8 Å². The van der Waals surface area contributed by atoms with Crippen LogP contribution in [-0.4, -0.2) is 54.8 Å². The zero-order valence-electron chi connectivity index (χ0n) is 13.8. The molecule has 0 N–H and O–H groups in total. The Morgan fingerprint density at radius 2 is 2.26 bits per heavy atom. The van der Waals surface area contributed by atoms with Gasteiger partial charge in [0.1, 0.15) is 10.8 Å². The van der Waals surface area contributed by atoms with E-state index < -0.39 is 0 Å². The maximum atomic E-state index is 5.94. The van der Waals surface area contributed by atoms with Gasteiger partial charge in [-0.15, -0.1) is 11.3 Å². The minimum atomic E-state index is 0.305. The Hall–Kier alpha value is -1.50. The fourth-order valence-electron chi connectivity index (χ4n) is 2.81. The van der Waals surface area contributed by atoms with E-state index in [1.165, 1.54) is 10.6 Å². The minimum Gasteiger partial charge on any atom is -0.376 e. The highest BCUT2D eigenvalue weighted by atomic mass is 32.1. The second-order valence-electron chi connectivity index (χ2n) is 6.11. The fourth-order valence-corrected chi connectivity index (χ4v) is 3.47. The molecule has 1 atom stereocenters. The molecule has 6 heteroatoms. The predicted octanol–water partition coefficient (Wildman–Crippen LogP) is 2.44. The Bertz CT molecular complexity index is 602. The Morgan fingerprint density at radius 3 is 3.04 bits per heavy atom. The fraction of sp³-hybridized carbons (Fsp3) is 0.529. The average Bonchev–Trinajstić information content (AvgIpc) is 3.06. The molecule has 1 saturated heterocycles. The predicted molar refractivity (Wildman–Crippen MR) is 94.0 cm³/mol. The van der Waals surface area contributed by atoms with E-state index in [9.17, 15) is 0 Å². The third-order valence-electron chi connectivity index (χ3n) is 4.09. The van der Waals surface area contributed by atoms with Gasteiger partial charge in [-0.25, -0.2) is 9.97 Å². The number of nitrogens with zero attached hydrogens (tertiary/aromatic N) is 4. The molecule has 0 saturated carbocycles. The lowest BCUT2D eigenvalue weighted by Gasteiger charge is -2.32. The van der Waals surface area contributed by atoms with Gasteiger partial charge in [0.15, 0.2) is 0 Å². The molecule has 0 bridgehead atoms. The lowest BCUT2D eigenvalue weighted by Crippen LogP contribution is -2.42. The van der Waals surface area contributed by atoms with Crippen LogP contribution in [0.5, 0.6) is 0 Å². The van der Waals surface area contributed by atoms with Crippen LogP contribution in [0, 0.1) is 0 Å². The van der Waals surface area contributed by atoms with Crippen LogP contribution < -0.4 is 4.90 Å². The van der Waals surface area contributed by atoms with Crippen LogP contribution in [0.4, 0.5) is 5.82 Å². The maximum Gasteiger partial charge on any atom is 0.128 e. The van der Waals surface area contributed by atoms with Gasteiger partial charge in [-0.2, -0.15) is 0 Å². The monoisotopic (exact) mass is 332 g/mol. The van der Waals surface area contributed by atoms with Gasteiger partial charge in [0.2, 0.25) is 0 Å². The van der Waals surface area contributed by atoms with Crippen LogP contribution >= 0.6 is 11.3 Å². The molecule has 3 heterocycles. The Kier molecular flexibility index (Phi) is 5.59. The van der Waals surface area contributed by atoms with Crippen LogP contribution in [0.1, 0.15) is 17.0 Å². The normalized spacial score (nSPS) is 19.0. The first-order chi connectivity index (χ1) is 11.2. The van der Waals surface area contributed by atoms with Crippen LogP contribution in [0.3, 0.4) is 0 Å². The Balaban J connectivity index is 1.50. The van der Waals surface area contributed by atoms with Crippen molar-refractivity contribution in [3.8, 4) is 0 Å². The summed E-state index contributed by atoms with van der Waals surface area (Å²) in [5.74, 6) is 1.01. The third kappa shape index (κ3) is 4.73. The molecule has 3 rings (SSSR count). The molecule has 0 amide bonds. The lowest BCUT2D eigenvalue weighted by atomic mass is 10.1. The largest absolute Gasteiger partial charge is 0.376 e. The number of ether oxygens (including phenoxy) is 1. The van der Waals surface area contributed by atoms with E-state index in [0.29, 0.717) is 6.10 Å². The molecule has 1 aliphatic heterocycles. The van der Waals surface area contributed by atoms with E-state index in [2.05, 4.69) is 27.0 Å². The SMILES string of the molecule is CN(C)c1cc(CC[C@H]2CN(Cc3nccs3)CCO2)ccn1. The number of aromatic nitrogens is 2. The standard InChI is InChI=1S/C17H24N4OS/c1-20(2)16-11-14(5-6-18-16)3-4-15-12-21(8-9-22-15)13-17-19-7-10-23-17/h5-7,10-11,15H,3-4,8-9,12-13H2,1-2H3/t15-/m0/s1. The van der Waals surface area contributed by atoms with E-state index in [0.717, 1.165) is 44.9 Å². The van der Waals surface area contributed by atoms with Gasteiger partial charge in [0, 0.05) is 45.0 Å². The molecule has 124 valence electrons. The third-order valence-corrected chi connectivity index (χ3v) is 4.85. The van der Waals surface area contributed by atoms with Gasteiger partial charge < -0.3 is 9.64 Å². The maximum absolute atomic E-state index is 5.94. The Labute approximate surface area is 141 Å². The number of thiazole rings is 1. The number of rotatable bonds is 6. The van der Waals surface area contributed by atoms with Crippen molar-refractivity contribution in [2.24, 2.45) is 0 Å². The Morgan fingerprint density at radius 1 is 1.35 bits per heavy atom. The smallest absolute Gasteiger partial charge is 0.128 e. The first kappa shape index (κ1) is 16.4. The lowest BCUT2D eigenvalue weighted by molar-refractivity contribution is -0.0345. The molecule has 0 radical (unpaired) electrons. The van der Waals surface area contributed by atoms with E-state index in [4.69, 9.17) is 4.74 Å². The number of hydrogen-bond donors (Lipinski definition) is 0. The van der Waals surface area contributed by atoms with Crippen LogP contribution in [-0.2, 0) is 17.7 Å². The van der Waals surface area contributed by atoms with Crippen molar-refractivity contribution in [3.05, 3.63) is 40.5 Å². The first-order valence-electron chi connectivity index (χ1n) is 8.05. The zero-order valence-corrected chi connectivity index (χ0v) is 14.6. The van der Waals surface area contributed by atoms with E-state index in [-0.39, 0.29) is 0 Å². The summed E-state index contributed by atoms with van der Waals surface area (Å²) in [5.41, 5.74) is 1.32. The molecular weight excluding hydrogens is 308 g/mol. The van der Waals surface area contributed by atoms with Crippen molar-refractivity contribution in [3.63, 3.8) is 0 Å². The van der Waals surface area contributed by atoms with Gasteiger partial charge in [-0.05, 0) is 30.5 Å². The summed E-state index contributed by atoms with van der Waals surface area (Å²) < 4.78 is 5.94. The zero-order chi connectivity index (χ0) is 16.1. The topological polar surface area (TPSA) is 41.5 Å². The van der Waals surface area contributed by atoms with Crippen LogP contribution in [0.25, 0.3) is 0 Å². The molecular formula is C17H24N4OS. The van der Waals surface area contributed by atoms with Crippen molar-refractivity contribution >= 4 is 17.2 Å². The van der Waals surface area contributed by atoms with Gasteiger partial charge >= 0.3 is 0 Å². The van der Waals surface area contributed by atoms with Gasteiger partial charge in [0.25, 0.3) is 0 Å². The van der Waals surface area contributed by atoms with Crippen molar-refractivity contribution in [2.75, 3.05) is 38.7 Å². The minimum absolute atomic E-state index is 0.305. The van der Waals surface area contributed by atoms with Crippen molar-refractivity contribution in [2.45, 2.75) is 25.5 Å². The number of pyridine rings is 1. The summed E-state index contributed by atoms with van der Waals surface area (Å²) >= 11 is 1.73. The summed E-state index contributed by atoms with van der Waals surface area (Å²) in [6.07, 6.45) is 6.15. The summed E-state index contributed by atoms with van der Waals surface area (Å²) in [5, 5.41) is 3.23. The number of anilines is 1. The molecule has 2 aromatic heterocycles. The second kappa shape index (κ2) is 7.86. The molecule has 1 fully saturated rings. The number of hydrogen-bond acceptors (Lipinski definition) is 6. The highest BCUT2D eigenvalue weighted by Crippen LogP contribution is 2.17. The van der Waals surface area contributed by atoms with E-state index >= 15 is 0 Å². The molecule has 23 heavy (non-hydrogen) atoms. The molecule has 5 nitrogen and oxygen atoms in total. The second-order valence-corrected chi connectivity index (χ2v) is 7.09. The van der Waals surface area contributed by atoms with Crippen molar-refractivity contribution in [1.82, 2.24) is 14.9 Å².